The first-order valence-corrected chi connectivity index (χ1v) is 15.8. The third-order valence-corrected chi connectivity index (χ3v) is 10.3. The Labute approximate surface area is 257 Å². The van der Waals surface area contributed by atoms with Gasteiger partial charge in [0.2, 0.25) is 0 Å². The van der Waals surface area contributed by atoms with Crippen LogP contribution >= 0.6 is 11.6 Å². The van der Waals surface area contributed by atoms with Crippen molar-refractivity contribution < 1.29 is 19.4 Å². The molecule has 1 amide bonds. The van der Waals surface area contributed by atoms with Gasteiger partial charge >= 0.3 is 0 Å². The fourth-order valence-electron chi connectivity index (χ4n) is 7.42. The minimum absolute atomic E-state index is 0.0273. The second-order valence-electron chi connectivity index (χ2n) is 12.6. The molecule has 0 aliphatic carbocycles. The molecule has 0 bridgehead atoms. The van der Waals surface area contributed by atoms with Crippen LogP contribution in [-0.4, -0.2) is 91.7 Å². The molecule has 0 unspecified atom stereocenters. The molecule has 8 nitrogen and oxygen atoms in total. The third kappa shape index (κ3) is 5.09. The molecule has 1 aromatic heterocycles. The van der Waals surface area contributed by atoms with Crippen molar-refractivity contribution in [3.63, 3.8) is 0 Å². The zero-order valence-electron chi connectivity index (χ0n) is 24.9. The van der Waals surface area contributed by atoms with Gasteiger partial charge < -0.3 is 29.4 Å². The molecule has 3 aromatic carbocycles. The number of ether oxygens (including phenoxy) is 2. The minimum Gasteiger partial charge on any atom is -0.507 e. The number of piperidine rings is 1. The standard InChI is InChI=1S/C34H39ClN4O4/c1-37-10-7-34(8-11-37)9-12-38(21-34)13-14-43-31-16-22-15-27(36-26(22)17-30(31)42-2)33(41)39-20-23(19-35)32-25-6-4-3-5-24(25)29(40)18-28(32)39/h3-6,15-18,23,36,40H,7-14,19-21H2,1-2H3/t23-/m1/s1. The van der Waals surface area contributed by atoms with Gasteiger partial charge in [-0.3, -0.25) is 9.69 Å². The molecule has 2 N–H and O–H groups in total. The number of carbonyl (C=O) groups is 1. The van der Waals surface area contributed by atoms with Crippen LogP contribution in [0.2, 0.25) is 0 Å². The summed E-state index contributed by atoms with van der Waals surface area (Å²) in [5.41, 5.74) is 3.44. The van der Waals surface area contributed by atoms with Crippen molar-refractivity contribution in [1.82, 2.24) is 14.8 Å². The zero-order valence-corrected chi connectivity index (χ0v) is 25.6. The first-order chi connectivity index (χ1) is 20.9. The molecule has 226 valence electrons. The first kappa shape index (κ1) is 28.3. The SMILES string of the molecule is COc1cc2[nH]c(C(=O)N3C[C@@H](CCl)c4c3cc(O)c3ccccc43)cc2cc1OCCN1CCC2(CCN(C)CC2)C1. The van der Waals surface area contributed by atoms with Gasteiger partial charge in [-0.05, 0) is 74.4 Å². The molecule has 7 rings (SSSR count). The van der Waals surface area contributed by atoms with Crippen LogP contribution in [0.25, 0.3) is 21.7 Å². The van der Waals surface area contributed by atoms with Crippen molar-refractivity contribution in [1.29, 1.82) is 0 Å². The van der Waals surface area contributed by atoms with Gasteiger partial charge in [-0.1, -0.05) is 24.3 Å². The molecule has 2 saturated heterocycles. The van der Waals surface area contributed by atoms with Gasteiger partial charge in [-0.25, -0.2) is 0 Å². The smallest absolute Gasteiger partial charge is 0.274 e. The van der Waals surface area contributed by atoms with E-state index in [0.29, 0.717) is 47.3 Å². The molecule has 0 saturated carbocycles. The number of aromatic nitrogens is 1. The zero-order chi connectivity index (χ0) is 29.7. The lowest BCUT2D eigenvalue weighted by Crippen LogP contribution is -2.40. The highest BCUT2D eigenvalue weighted by Gasteiger charge is 2.40. The lowest BCUT2D eigenvalue weighted by Gasteiger charge is -2.37. The number of rotatable bonds is 7. The van der Waals surface area contributed by atoms with Crippen LogP contribution in [0, 0.1) is 5.41 Å². The summed E-state index contributed by atoms with van der Waals surface area (Å²) in [5, 5.41) is 13.3. The van der Waals surface area contributed by atoms with E-state index in [1.165, 1.54) is 32.4 Å². The lowest BCUT2D eigenvalue weighted by molar-refractivity contribution is 0.0984. The maximum Gasteiger partial charge on any atom is 0.274 e. The van der Waals surface area contributed by atoms with Crippen LogP contribution in [0.4, 0.5) is 5.69 Å². The number of benzene rings is 3. The van der Waals surface area contributed by atoms with Crippen molar-refractivity contribution >= 4 is 44.9 Å². The normalized spacial score (nSPS) is 20.3. The topological polar surface area (TPSA) is 81.3 Å². The Morgan fingerprint density at radius 1 is 1.07 bits per heavy atom. The maximum atomic E-state index is 13.9. The number of carbonyl (C=O) groups excluding carboxylic acids is 1. The molecule has 1 atom stereocenters. The maximum absolute atomic E-state index is 13.9. The summed E-state index contributed by atoms with van der Waals surface area (Å²) in [6.45, 7) is 6.58. The Morgan fingerprint density at radius 3 is 2.60 bits per heavy atom. The number of nitrogens with zero attached hydrogens (tertiary/aromatic N) is 3. The predicted molar refractivity (Wildman–Crippen MR) is 171 cm³/mol. The molecular weight excluding hydrogens is 564 g/mol. The predicted octanol–water partition coefficient (Wildman–Crippen LogP) is 5.81. The third-order valence-electron chi connectivity index (χ3n) is 9.94. The minimum atomic E-state index is -0.168. The number of phenols is 1. The van der Waals surface area contributed by atoms with E-state index >= 15 is 0 Å². The summed E-state index contributed by atoms with van der Waals surface area (Å²) < 4.78 is 11.9. The largest absolute Gasteiger partial charge is 0.507 e. The molecular formula is C34H39ClN4O4. The Balaban J connectivity index is 1.09. The summed E-state index contributed by atoms with van der Waals surface area (Å²) in [5.74, 6) is 1.64. The number of fused-ring (bicyclic) bond motifs is 4. The van der Waals surface area contributed by atoms with Gasteiger partial charge in [-0.2, -0.15) is 0 Å². The number of halogens is 1. The fraction of sp³-hybridized carbons (Fsp3) is 0.441. The number of H-pyrrole nitrogens is 1. The number of aromatic hydroxyl groups is 1. The van der Waals surface area contributed by atoms with Crippen LogP contribution in [-0.2, 0) is 0 Å². The highest BCUT2D eigenvalue weighted by atomic mass is 35.5. The van der Waals surface area contributed by atoms with Gasteiger partial charge in [0.1, 0.15) is 18.1 Å². The molecule has 3 aliphatic rings. The van der Waals surface area contributed by atoms with Gasteiger partial charge in [-0.15, -0.1) is 11.6 Å². The molecule has 4 aromatic rings. The molecule has 2 fully saturated rings. The lowest BCUT2D eigenvalue weighted by atomic mass is 9.78. The van der Waals surface area contributed by atoms with E-state index in [1.54, 1.807) is 18.1 Å². The van der Waals surface area contributed by atoms with E-state index in [9.17, 15) is 9.90 Å². The van der Waals surface area contributed by atoms with E-state index in [4.69, 9.17) is 21.1 Å². The number of hydrogen-bond donors (Lipinski definition) is 2. The molecule has 0 radical (unpaired) electrons. The molecule has 43 heavy (non-hydrogen) atoms. The molecule has 4 heterocycles. The number of alkyl halides is 1. The summed E-state index contributed by atoms with van der Waals surface area (Å²) in [7, 11) is 3.86. The summed E-state index contributed by atoms with van der Waals surface area (Å²) in [6.07, 6.45) is 3.85. The number of aromatic amines is 1. The fourth-order valence-corrected chi connectivity index (χ4v) is 7.67. The Bertz CT molecular complexity index is 1680. The van der Waals surface area contributed by atoms with Crippen LogP contribution in [0.5, 0.6) is 17.2 Å². The highest BCUT2D eigenvalue weighted by molar-refractivity contribution is 6.19. The van der Waals surface area contributed by atoms with Crippen molar-refractivity contribution in [2.75, 3.05) is 70.8 Å². The summed E-state index contributed by atoms with van der Waals surface area (Å²) >= 11 is 6.39. The van der Waals surface area contributed by atoms with Gasteiger partial charge in [0.15, 0.2) is 11.5 Å². The van der Waals surface area contributed by atoms with E-state index in [-0.39, 0.29) is 17.6 Å². The van der Waals surface area contributed by atoms with Crippen molar-refractivity contribution in [3.8, 4) is 17.2 Å². The second-order valence-corrected chi connectivity index (χ2v) is 12.9. The quantitative estimate of drug-likeness (QED) is 0.260. The highest BCUT2D eigenvalue weighted by Crippen LogP contribution is 2.46. The second kappa shape index (κ2) is 11.2. The van der Waals surface area contributed by atoms with Gasteiger partial charge in [0, 0.05) is 59.9 Å². The summed E-state index contributed by atoms with van der Waals surface area (Å²) in [6, 6.07) is 15.1. The number of likely N-dealkylation sites (tertiary alicyclic amines) is 2. The van der Waals surface area contributed by atoms with Crippen LogP contribution in [0.1, 0.15) is 41.2 Å². The number of methoxy groups -OCH3 is 1. The van der Waals surface area contributed by atoms with Crippen LogP contribution < -0.4 is 14.4 Å². The van der Waals surface area contributed by atoms with Gasteiger partial charge in [0.25, 0.3) is 5.91 Å². The van der Waals surface area contributed by atoms with E-state index in [0.717, 1.165) is 46.9 Å². The van der Waals surface area contributed by atoms with E-state index in [1.807, 2.05) is 42.5 Å². The van der Waals surface area contributed by atoms with Crippen molar-refractivity contribution in [2.45, 2.75) is 25.2 Å². The average molecular weight is 603 g/mol. The molecule has 9 heteroatoms. The van der Waals surface area contributed by atoms with Crippen molar-refractivity contribution in [2.24, 2.45) is 5.41 Å². The molecule has 3 aliphatic heterocycles. The first-order valence-electron chi connectivity index (χ1n) is 15.2. The Kier molecular flexibility index (Phi) is 7.40. The van der Waals surface area contributed by atoms with Gasteiger partial charge in [0.05, 0.1) is 12.8 Å². The van der Waals surface area contributed by atoms with Crippen LogP contribution in [0.15, 0.2) is 48.5 Å². The summed E-state index contributed by atoms with van der Waals surface area (Å²) in [4.78, 5) is 23.9. The van der Waals surface area contributed by atoms with E-state index in [2.05, 4.69) is 21.8 Å². The number of phenolic OH excluding ortho intramolecular Hbond substituents is 1. The number of anilines is 1. The number of hydrogen-bond acceptors (Lipinski definition) is 6. The Hall–Kier alpha value is -3.46. The van der Waals surface area contributed by atoms with Crippen LogP contribution in [0.3, 0.4) is 0 Å². The van der Waals surface area contributed by atoms with Crippen molar-refractivity contribution in [3.05, 3.63) is 59.8 Å². The monoisotopic (exact) mass is 602 g/mol. The average Bonchev–Trinajstić information content (AvgIpc) is 3.73. The number of nitrogens with one attached hydrogen (secondary N) is 1. The molecule has 1 spiro atoms. The Morgan fingerprint density at radius 2 is 1.84 bits per heavy atom. The van der Waals surface area contributed by atoms with E-state index < -0.39 is 0 Å². The number of amides is 1.